The quantitative estimate of drug-likeness (QED) is 0.488. The van der Waals surface area contributed by atoms with Gasteiger partial charge in [-0.1, -0.05) is 6.07 Å². The van der Waals surface area contributed by atoms with Crippen molar-refractivity contribution >= 4 is 17.0 Å². The lowest BCUT2D eigenvalue weighted by Crippen LogP contribution is -2.40. The molecule has 8 nitrogen and oxygen atoms in total. The number of nitrogens with two attached hydrogens (primary N) is 1. The van der Waals surface area contributed by atoms with Gasteiger partial charge in [0.25, 0.3) is 0 Å². The zero-order chi connectivity index (χ0) is 22.2. The zero-order valence-electron chi connectivity index (χ0n) is 18.3. The molecule has 33 heavy (non-hydrogen) atoms. The van der Waals surface area contributed by atoms with Gasteiger partial charge in [-0.15, -0.1) is 0 Å². The first-order valence-corrected chi connectivity index (χ1v) is 11.4. The van der Waals surface area contributed by atoms with Crippen LogP contribution in [-0.4, -0.2) is 45.9 Å². The van der Waals surface area contributed by atoms with Gasteiger partial charge >= 0.3 is 0 Å². The molecule has 1 saturated heterocycles. The van der Waals surface area contributed by atoms with Crippen molar-refractivity contribution < 1.29 is 9.47 Å². The number of nitrogens with one attached hydrogen (secondary N) is 1. The smallest absolute Gasteiger partial charge is 0.231 e. The number of piperidine rings is 1. The number of ether oxygens (including phenoxy) is 2. The average molecular weight is 443 g/mol. The Labute approximate surface area is 191 Å². The summed E-state index contributed by atoms with van der Waals surface area (Å²) in [4.78, 5) is 19.6. The fraction of sp³-hybridized carbons (Fsp3) is 0.320. The lowest BCUT2D eigenvalue weighted by Gasteiger charge is -2.31. The number of fused-ring (bicyclic) bond motifs is 2. The molecule has 0 spiro atoms. The van der Waals surface area contributed by atoms with E-state index in [0.717, 1.165) is 84.2 Å². The fourth-order valence-electron chi connectivity index (χ4n) is 4.46. The largest absolute Gasteiger partial charge is 0.454 e. The predicted octanol–water partition coefficient (Wildman–Crippen LogP) is 3.46. The van der Waals surface area contributed by atoms with Gasteiger partial charge in [0, 0.05) is 49.1 Å². The number of anilines is 1. The third-order valence-electron chi connectivity index (χ3n) is 6.42. The average Bonchev–Trinajstić information content (AvgIpc) is 3.49. The molecular formula is C25H26N6O2. The molecular weight excluding hydrogens is 416 g/mol. The molecule has 6 rings (SSSR count). The van der Waals surface area contributed by atoms with Crippen LogP contribution in [0.15, 0.2) is 48.8 Å². The number of pyridine rings is 2. The second-order valence-electron chi connectivity index (χ2n) is 8.70. The molecule has 0 radical (unpaired) electrons. The van der Waals surface area contributed by atoms with Crippen LogP contribution in [-0.2, 0) is 12.8 Å². The molecule has 2 aliphatic rings. The van der Waals surface area contributed by atoms with Gasteiger partial charge in [0.05, 0.1) is 5.52 Å². The number of hydrogen-bond donors (Lipinski definition) is 2. The summed E-state index contributed by atoms with van der Waals surface area (Å²) in [5, 5.41) is 0. The maximum absolute atomic E-state index is 6.02. The van der Waals surface area contributed by atoms with E-state index in [0.29, 0.717) is 12.8 Å². The fourth-order valence-corrected chi connectivity index (χ4v) is 4.46. The first-order valence-electron chi connectivity index (χ1n) is 11.4. The van der Waals surface area contributed by atoms with Crippen LogP contribution in [0.5, 0.6) is 11.5 Å². The minimum atomic E-state index is 0.293. The third-order valence-corrected chi connectivity index (χ3v) is 6.42. The van der Waals surface area contributed by atoms with E-state index >= 15 is 0 Å². The van der Waals surface area contributed by atoms with Crippen molar-refractivity contribution in [2.75, 3.05) is 24.8 Å². The number of aryl methyl sites for hydroxylation is 2. The Hall–Kier alpha value is -3.65. The van der Waals surface area contributed by atoms with Gasteiger partial charge in [-0.05, 0) is 55.2 Å². The van der Waals surface area contributed by atoms with Gasteiger partial charge in [-0.2, -0.15) is 0 Å². The third kappa shape index (κ3) is 4.09. The predicted molar refractivity (Wildman–Crippen MR) is 127 cm³/mol. The van der Waals surface area contributed by atoms with Crippen molar-refractivity contribution in [3.8, 4) is 22.6 Å². The second-order valence-corrected chi connectivity index (χ2v) is 8.70. The highest BCUT2D eigenvalue weighted by Gasteiger charge is 2.17. The van der Waals surface area contributed by atoms with Gasteiger partial charge in [-0.3, -0.25) is 0 Å². The van der Waals surface area contributed by atoms with Crippen molar-refractivity contribution in [2.24, 2.45) is 5.73 Å². The number of imidazole rings is 1. The number of rotatable bonds is 5. The molecule has 168 valence electrons. The molecule has 0 atom stereocenters. The topological polar surface area (TPSA) is 102 Å². The summed E-state index contributed by atoms with van der Waals surface area (Å²) in [5.41, 5.74) is 10.9. The minimum Gasteiger partial charge on any atom is -0.454 e. The molecule has 4 aromatic rings. The molecule has 0 aliphatic carbocycles. The lowest BCUT2D eigenvalue weighted by atomic mass is 10.1. The van der Waals surface area contributed by atoms with Crippen molar-refractivity contribution in [3.63, 3.8) is 0 Å². The van der Waals surface area contributed by atoms with E-state index in [1.165, 1.54) is 5.56 Å². The molecule has 0 bridgehead atoms. The number of benzene rings is 1. The van der Waals surface area contributed by atoms with Crippen LogP contribution in [0, 0.1) is 0 Å². The van der Waals surface area contributed by atoms with E-state index in [-0.39, 0.29) is 0 Å². The zero-order valence-corrected chi connectivity index (χ0v) is 18.3. The maximum Gasteiger partial charge on any atom is 0.231 e. The van der Waals surface area contributed by atoms with Crippen LogP contribution in [0.4, 0.5) is 5.82 Å². The van der Waals surface area contributed by atoms with E-state index in [9.17, 15) is 0 Å². The monoisotopic (exact) mass is 442 g/mol. The molecule has 0 unspecified atom stereocenters. The number of aromatic amines is 1. The summed E-state index contributed by atoms with van der Waals surface area (Å²) in [6, 6.07) is 12.7. The van der Waals surface area contributed by atoms with Crippen molar-refractivity contribution in [1.82, 2.24) is 19.9 Å². The first kappa shape index (κ1) is 20.0. The van der Waals surface area contributed by atoms with Crippen molar-refractivity contribution in [2.45, 2.75) is 31.7 Å². The summed E-state index contributed by atoms with van der Waals surface area (Å²) in [7, 11) is 0. The van der Waals surface area contributed by atoms with Crippen LogP contribution < -0.4 is 20.1 Å². The Balaban J connectivity index is 1.16. The Kier molecular flexibility index (Phi) is 5.07. The minimum absolute atomic E-state index is 0.293. The summed E-state index contributed by atoms with van der Waals surface area (Å²) < 4.78 is 10.9. The highest BCUT2D eigenvalue weighted by atomic mass is 16.7. The second kappa shape index (κ2) is 8.37. The molecule has 5 heterocycles. The van der Waals surface area contributed by atoms with E-state index in [1.807, 2.05) is 24.5 Å². The van der Waals surface area contributed by atoms with E-state index < -0.39 is 0 Å². The summed E-state index contributed by atoms with van der Waals surface area (Å²) in [6.07, 6.45) is 7.46. The molecule has 2 aliphatic heterocycles. The summed E-state index contributed by atoms with van der Waals surface area (Å²) in [6.45, 7) is 2.22. The molecule has 8 heteroatoms. The summed E-state index contributed by atoms with van der Waals surface area (Å²) >= 11 is 0. The number of H-pyrrole nitrogens is 1. The summed E-state index contributed by atoms with van der Waals surface area (Å²) in [5.74, 6) is 3.55. The van der Waals surface area contributed by atoms with Crippen LogP contribution in [0.25, 0.3) is 22.3 Å². The first-order chi connectivity index (χ1) is 16.2. The Morgan fingerprint density at radius 1 is 0.939 bits per heavy atom. The molecule has 0 saturated carbocycles. The van der Waals surface area contributed by atoms with Gasteiger partial charge in [0.1, 0.15) is 11.6 Å². The molecule has 3 aromatic heterocycles. The normalized spacial score (nSPS) is 16.0. The SMILES string of the molecule is NC1CCN(c2ccc(-c3cnc4nc(CCc5ccc6c(c5)OCO6)[nH]c4c3)cn2)CC1. The number of nitrogens with zero attached hydrogens (tertiary/aromatic N) is 4. The van der Waals surface area contributed by atoms with Crippen molar-refractivity contribution in [1.29, 1.82) is 0 Å². The molecule has 1 fully saturated rings. The van der Waals surface area contributed by atoms with Crippen LogP contribution in [0.1, 0.15) is 24.2 Å². The van der Waals surface area contributed by atoms with E-state index in [2.05, 4.69) is 49.1 Å². The number of aromatic nitrogens is 4. The van der Waals surface area contributed by atoms with Gasteiger partial charge < -0.3 is 25.1 Å². The Morgan fingerprint density at radius 2 is 1.79 bits per heavy atom. The van der Waals surface area contributed by atoms with Crippen LogP contribution >= 0.6 is 0 Å². The van der Waals surface area contributed by atoms with Gasteiger partial charge in [-0.25, -0.2) is 15.0 Å². The number of hydrogen-bond acceptors (Lipinski definition) is 7. The molecule has 3 N–H and O–H groups in total. The van der Waals surface area contributed by atoms with E-state index in [1.54, 1.807) is 0 Å². The molecule has 1 aromatic carbocycles. The highest BCUT2D eigenvalue weighted by molar-refractivity contribution is 5.78. The van der Waals surface area contributed by atoms with Crippen LogP contribution in [0.2, 0.25) is 0 Å². The lowest BCUT2D eigenvalue weighted by molar-refractivity contribution is 0.174. The molecule has 0 amide bonds. The standard InChI is InChI=1S/C25H26N6O2/c26-19-7-9-31(10-8-19)24-6-3-17(13-27-24)18-12-20-25(28-14-18)30-23(29-20)5-2-16-1-4-21-22(11-16)33-15-32-21/h1,3-4,6,11-14,19H,2,5,7-10,15,26H2,(H,28,29,30). The van der Waals surface area contributed by atoms with E-state index in [4.69, 9.17) is 15.2 Å². The van der Waals surface area contributed by atoms with Gasteiger partial charge in [0.15, 0.2) is 17.1 Å². The van der Waals surface area contributed by atoms with Crippen LogP contribution in [0.3, 0.4) is 0 Å². The Morgan fingerprint density at radius 3 is 2.64 bits per heavy atom. The highest BCUT2D eigenvalue weighted by Crippen LogP contribution is 2.33. The maximum atomic E-state index is 6.02. The Bertz CT molecular complexity index is 1280. The van der Waals surface area contributed by atoms with Crippen molar-refractivity contribution in [3.05, 3.63) is 60.2 Å². The van der Waals surface area contributed by atoms with Gasteiger partial charge in [0.2, 0.25) is 6.79 Å².